The molecule has 0 spiro atoms. The number of nitrogens with one attached hydrogen (secondary N) is 1. The van der Waals surface area contributed by atoms with Crippen molar-refractivity contribution in [2.24, 2.45) is 35.0 Å². The first-order chi connectivity index (χ1) is 53.6. The van der Waals surface area contributed by atoms with E-state index in [4.69, 9.17) is 37.9 Å². The van der Waals surface area contributed by atoms with Gasteiger partial charge in [-0.05, 0) is 167 Å². The number of primary amides is 2. The van der Waals surface area contributed by atoms with Crippen LogP contribution in [0.4, 0.5) is 0 Å². The average molecular weight is 1910 g/mol. The highest BCUT2D eigenvalue weighted by molar-refractivity contribution is 9.11. The summed E-state index contributed by atoms with van der Waals surface area (Å²) in [6.45, 7) is 21.1. The minimum Gasteiger partial charge on any atom is -0.423 e. The van der Waals surface area contributed by atoms with Crippen molar-refractivity contribution in [3.05, 3.63) is 336 Å². The average Bonchev–Trinajstić information content (AvgIpc) is 0.806. The molecule has 0 aliphatic rings. The topological polar surface area (TPSA) is 308 Å². The molecule has 4 atom stereocenters. The van der Waals surface area contributed by atoms with E-state index in [1.54, 1.807) is 45.0 Å². The Morgan fingerprint density at radius 2 is 0.684 bits per heavy atom. The molecule has 0 aromatic heterocycles. The van der Waals surface area contributed by atoms with Gasteiger partial charge in [0.15, 0.2) is 0 Å². The molecule has 28 heteroatoms. The number of carbonyl (C=O) groups excluding carboxylic acids is 2. The number of halogens is 5. The molecule has 0 bridgehead atoms. The lowest BCUT2D eigenvalue weighted by atomic mass is 9.80. The molecule has 114 heavy (non-hydrogen) atoms. The highest BCUT2D eigenvalue weighted by Gasteiger charge is 2.31. The minimum absolute atomic E-state index is 0.00525. The predicted molar refractivity (Wildman–Crippen MR) is 482 cm³/mol. The quantitative estimate of drug-likeness (QED) is 0.0159. The van der Waals surface area contributed by atoms with E-state index in [0.29, 0.717) is 35.2 Å². The van der Waals surface area contributed by atoms with Crippen molar-refractivity contribution >= 4 is 138 Å². The van der Waals surface area contributed by atoms with E-state index < -0.39 is 58.1 Å². The molecule has 9 N–H and O–H groups in total. The van der Waals surface area contributed by atoms with Crippen LogP contribution in [0.2, 0.25) is 0 Å². The lowest BCUT2D eigenvalue weighted by Crippen LogP contribution is -2.37. The van der Waals surface area contributed by atoms with Crippen molar-refractivity contribution in [2.45, 2.75) is 116 Å². The SMILES string of the molecule is CC(C)CBr.CC(C)CN([C@@H](C)c1ccc(-c2ccc(C(N)=O)cc2)cc1)S(=O)(=O)Cc1ccccc1.CC(C)CN([C@@H](C)c1ccc(Br)cc1)S(=O)(=O)Cc1ccccc1.C[C@H](N)c1ccc(Br)cc1.C[C@H](NS(=O)(=O)Cc1ccccc1)c1ccc(Br)cc1.NC(=O)c1ccc(B(O)O)cc1.O=S(=O)(Cl)Cc1ccccc1. The molecule has 0 saturated heterocycles. The number of nitrogens with two attached hydrogens (primary N) is 3. The zero-order valence-electron chi connectivity index (χ0n) is 65.6. The van der Waals surface area contributed by atoms with Gasteiger partial charge in [0, 0.05) is 77.8 Å². The van der Waals surface area contributed by atoms with Crippen LogP contribution in [-0.2, 0) is 62.1 Å². The summed E-state index contributed by atoms with van der Waals surface area (Å²) in [4.78, 5) is 21.9. The number of carbonyl (C=O) groups is 2. The van der Waals surface area contributed by atoms with Crippen molar-refractivity contribution in [1.82, 2.24) is 13.3 Å². The van der Waals surface area contributed by atoms with Crippen LogP contribution in [0.25, 0.3) is 11.1 Å². The summed E-state index contributed by atoms with van der Waals surface area (Å²) < 4.78 is 107. The molecule has 18 nitrogen and oxygen atoms in total. The molecular weight excluding hydrogens is 1800 g/mol. The van der Waals surface area contributed by atoms with E-state index >= 15 is 0 Å². The first-order valence-corrected chi connectivity index (χ1v) is 47.3. The van der Waals surface area contributed by atoms with Gasteiger partial charge < -0.3 is 27.2 Å². The fourth-order valence-corrected chi connectivity index (χ4v) is 17.6. The van der Waals surface area contributed by atoms with Crippen LogP contribution in [0.15, 0.2) is 280 Å². The Morgan fingerprint density at radius 3 is 0.974 bits per heavy atom. The fraction of sp³-hybridized carbons (Fsp3) is 0.279. The van der Waals surface area contributed by atoms with Crippen LogP contribution >= 0.6 is 74.4 Å². The molecule has 10 aromatic carbocycles. The monoisotopic (exact) mass is 1900 g/mol. The van der Waals surface area contributed by atoms with Gasteiger partial charge in [-0.25, -0.2) is 38.4 Å². The van der Waals surface area contributed by atoms with Crippen molar-refractivity contribution in [3.63, 3.8) is 0 Å². The van der Waals surface area contributed by atoms with Gasteiger partial charge in [0.1, 0.15) is 0 Å². The van der Waals surface area contributed by atoms with Gasteiger partial charge in [-0.3, -0.25) is 9.59 Å². The maximum absolute atomic E-state index is 13.3. The number of hydrogen-bond acceptors (Lipinski definition) is 13. The third kappa shape index (κ3) is 38.4. The van der Waals surface area contributed by atoms with E-state index in [1.165, 1.54) is 29.8 Å². The molecule has 0 fully saturated rings. The smallest absolute Gasteiger partial charge is 0.423 e. The summed E-state index contributed by atoms with van der Waals surface area (Å²) >= 11 is 13.5. The number of nitrogens with zero attached hydrogens (tertiary/aromatic N) is 2. The molecule has 10 aromatic rings. The Balaban J connectivity index is 0.000000298. The second-order valence-electron chi connectivity index (χ2n) is 27.9. The van der Waals surface area contributed by atoms with Gasteiger partial charge in [0.05, 0.1) is 23.0 Å². The van der Waals surface area contributed by atoms with Gasteiger partial charge in [0.2, 0.25) is 50.9 Å². The van der Waals surface area contributed by atoms with Crippen molar-refractivity contribution in [2.75, 3.05) is 18.4 Å². The summed E-state index contributed by atoms with van der Waals surface area (Å²) in [5.41, 5.74) is 26.1. The molecule has 10 rings (SSSR count). The molecule has 0 radical (unpaired) electrons. The van der Waals surface area contributed by atoms with Crippen LogP contribution in [0.5, 0.6) is 0 Å². The lowest BCUT2D eigenvalue weighted by molar-refractivity contribution is 0.0992. The van der Waals surface area contributed by atoms with Gasteiger partial charge in [0.25, 0.3) is 0 Å². The molecular formula is C86H104BBr4ClN6O12S4. The van der Waals surface area contributed by atoms with Crippen molar-refractivity contribution in [1.29, 1.82) is 0 Å². The first-order valence-electron chi connectivity index (χ1n) is 36.5. The van der Waals surface area contributed by atoms with Crippen LogP contribution in [0, 0.1) is 17.8 Å². The Hall–Kier alpha value is -7.03. The number of amides is 2. The number of sulfonamides is 3. The molecule has 0 heterocycles. The van der Waals surface area contributed by atoms with E-state index in [0.717, 1.165) is 69.2 Å². The van der Waals surface area contributed by atoms with Crippen molar-refractivity contribution in [3.8, 4) is 11.1 Å². The third-order valence-electron chi connectivity index (χ3n) is 16.6. The third-order valence-corrected chi connectivity index (χ3v) is 25.7. The number of hydrogen-bond donors (Lipinski definition) is 6. The van der Waals surface area contributed by atoms with E-state index in [-0.39, 0.29) is 59.0 Å². The molecule has 612 valence electrons. The predicted octanol–water partition coefficient (Wildman–Crippen LogP) is 18.4. The molecule has 0 aliphatic heterocycles. The van der Waals surface area contributed by atoms with Gasteiger partial charge in [-0.2, -0.15) is 8.61 Å². The standard InChI is InChI=1S/C26H30N2O3S.C19H24BrNO2S.C15H16BrNO2S.C8H10BrN.C7H8BNO3.C7H7ClO2S.C4H9Br/c1-19(2)17-28(32(30,31)18-21-7-5-4-6-8-21)20(3)22-9-11-23(12-10-22)24-13-15-25(16-14-24)26(27)29;1-15(2)13-21(16(3)18-9-11-19(20)12-10-18)24(22,23)14-17-7-5-4-6-8-17;1-12(14-7-9-15(16)10-8-14)17-20(18,19)11-13-5-3-2-4-6-13;1-6(10)7-2-4-8(9)5-3-7;9-7(10)5-1-3-6(4-2-5)8(11)12;8-11(9,10)6-7-4-2-1-3-5-7;1-4(2)3-5/h4-16,19-20H,17-18H2,1-3H3,(H2,27,29);4-12,15-16H,13-14H2,1-3H3;2-10,12,17H,11H2,1H3;2-6H,10H2,1H3;1-4,11-12H,(H2,9,10);1-5H,6H2;4H,3H2,1-2H3/t20-;16-;12-;6-;;;/m0000.../s1. The highest BCUT2D eigenvalue weighted by Crippen LogP contribution is 2.31. The summed E-state index contributed by atoms with van der Waals surface area (Å²) in [7, 11) is -10.1. The zero-order chi connectivity index (χ0) is 84.9. The molecule has 2 amide bonds. The summed E-state index contributed by atoms with van der Waals surface area (Å²) in [6.07, 6.45) is 0. The normalized spacial score (nSPS) is 12.4. The van der Waals surface area contributed by atoms with Crippen LogP contribution in [-0.4, -0.2) is 89.7 Å². The number of rotatable bonds is 27. The zero-order valence-corrected chi connectivity index (χ0v) is 76.0. The number of alkyl halides is 1. The van der Waals surface area contributed by atoms with Crippen LogP contribution in [0.1, 0.15) is 159 Å². The Bertz CT molecular complexity index is 4950. The van der Waals surface area contributed by atoms with Gasteiger partial charge >= 0.3 is 7.12 Å². The second-order valence-corrected chi connectivity index (χ2v) is 39.7. The van der Waals surface area contributed by atoms with E-state index in [2.05, 4.69) is 82.3 Å². The second kappa shape index (κ2) is 49.9. The molecule has 0 aliphatic carbocycles. The van der Waals surface area contributed by atoms with Gasteiger partial charge in [-0.1, -0.05) is 312 Å². The summed E-state index contributed by atoms with van der Waals surface area (Å²) in [6, 6.07) is 80.2. The largest absolute Gasteiger partial charge is 0.488 e. The van der Waals surface area contributed by atoms with Crippen molar-refractivity contribution < 1.29 is 53.3 Å². The Kier molecular flexibility index (Phi) is 43.5. The maximum atomic E-state index is 13.3. The highest BCUT2D eigenvalue weighted by atomic mass is 79.9. The molecule has 0 unspecified atom stereocenters. The maximum Gasteiger partial charge on any atom is 0.488 e. The van der Waals surface area contributed by atoms with E-state index in [9.17, 15) is 43.3 Å². The van der Waals surface area contributed by atoms with Gasteiger partial charge in [-0.15, -0.1) is 0 Å². The first kappa shape index (κ1) is 99.3. The minimum atomic E-state index is -3.50. The number of benzene rings is 10. The Labute approximate surface area is 715 Å². The molecule has 0 saturated carbocycles. The van der Waals surface area contributed by atoms with Crippen LogP contribution in [0.3, 0.4) is 0 Å². The fourth-order valence-electron chi connectivity index (χ4n) is 10.6. The lowest BCUT2D eigenvalue weighted by Gasteiger charge is -2.30. The van der Waals surface area contributed by atoms with E-state index in [1.807, 2.05) is 262 Å². The Morgan fingerprint density at radius 1 is 0.404 bits per heavy atom. The summed E-state index contributed by atoms with van der Waals surface area (Å²) in [5.74, 6) is 0.173. The van der Waals surface area contributed by atoms with Crippen LogP contribution < -0.4 is 27.4 Å². The summed E-state index contributed by atoms with van der Waals surface area (Å²) in [5, 5.41) is 18.5.